The molecule has 2 nitrogen and oxygen atoms in total. The van der Waals surface area contributed by atoms with E-state index in [1.54, 1.807) is 11.3 Å². The van der Waals surface area contributed by atoms with Gasteiger partial charge >= 0.3 is 0 Å². The van der Waals surface area contributed by atoms with Crippen molar-refractivity contribution in [3.8, 4) is 6.07 Å². The van der Waals surface area contributed by atoms with E-state index in [0.717, 1.165) is 18.7 Å². The molecule has 92 valence electrons. The van der Waals surface area contributed by atoms with Crippen molar-refractivity contribution < 1.29 is 0 Å². The Kier molecular flexibility index (Phi) is 4.20. The van der Waals surface area contributed by atoms with Gasteiger partial charge in [-0.2, -0.15) is 5.26 Å². The van der Waals surface area contributed by atoms with Gasteiger partial charge in [0, 0.05) is 23.3 Å². The van der Waals surface area contributed by atoms with Gasteiger partial charge in [-0.1, -0.05) is 26.2 Å². The summed E-state index contributed by atoms with van der Waals surface area (Å²) < 4.78 is 0. The largest absolute Gasteiger partial charge is 0.311 e. The summed E-state index contributed by atoms with van der Waals surface area (Å²) in [7, 11) is 0. The summed E-state index contributed by atoms with van der Waals surface area (Å²) in [5.74, 6) is 0. The van der Waals surface area contributed by atoms with Crippen molar-refractivity contribution in [3.63, 3.8) is 0 Å². The molecule has 17 heavy (non-hydrogen) atoms. The molecule has 0 saturated heterocycles. The highest BCUT2D eigenvalue weighted by Crippen LogP contribution is 2.35. The minimum Gasteiger partial charge on any atom is -0.311 e. The van der Waals surface area contributed by atoms with Crippen LogP contribution in [0.5, 0.6) is 0 Å². The van der Waals surface area contributed by atoms with E-state index in [0.29, 0.717) is 5.41 Å². The Morgan fingerprint density at radius 1 is 1.41 bits per heavy atom. The standard InChI is InChI=1S/C14H20N2S/c1-14(5-3-2-4-6-14)11-16-9-13-7-12(8-15)10-17-13/h7,10,16H,2-6,9,11H2,1H3. The molecule has 1 aromatic heterocycles. The molecule has 0 spiro atoms. The van der Waals surface area contributed by atoms with Crippen LogP contribution >= 0.6 is 11.3 Å². The second kappa shape index (κ2) is 5.66. The lowest BCUT2D eigenvalue weighted by atomic mass is 9.76. The predicted molar refractivity (Wildman–Crippen MR) is 71.9 cm³/mol. The molecule has 0 bridgehead atoms. The zero-order chi connectivity index (χ0) is 12.1. The van der Waals surface area contributed by atoms with Gasteiger partial charge < -0.3 is 5.32 Å². The molecule has 0 atom stereocenters. The van der Waals surface area contributed by atoms with Gasteiger partial charge in [0.1, 0.15) is 6.07 Å². The number of nitrogens with one attached hydrogen (secondary N) is 1. The Hall–Kier alpha value is -0.850. The predicted octanol–water partition coefficient (Wildman–Crippen LogP) is 3.68. The molecular weight excluding hydrogens is 228 g/mol. The van der Waals surface area contributed by atoms with E-state index < -0.39 is 0 Å². The van der Waals surface area contributed by atoms with Gasteiger partial charge in [-0.3, -0.25) is 0 Å². The van der Waals surface area contributed by atoms with Gasteiger partial charge in [0.05, 0.1) is 5.56 Å². The minimum atomic E-state index is 0.494. The smallest absolute Gasteiger partial charge is 0.100 e. The molecule has 1 aliphatic rings. The van der Waals surface area contributed by atoms with Crippen LogP contribution in [0, 0.1) is 16.7 Å². The Morgan fingerprint density at radius 2 is 2.18 bits per heavy atom. The van der Waals surface area contributed by atoms with E-state index in [2.05, 4.69) is 18.3 Å². The molecule has 1 saturated carbocycles. The molecule has 1 aliphatic carbocycles. The van der Waals surface area contributed by atoms with Gasteiger partial charge in [0.15, 0.2) is 0 Å². The van der Waals surface area contributed by atoms with Crippen LogP contribution in [0.15, 0.2) is 11.4 Å². The first-order valence-electron chi connectivity index (χ1n) is 6.40. The second-order valence-electron chi connectivity index (χ2n) is 5.39. The lowest BCUT2D eigenvalue weighted by Gasteiger charge is -2.33. The first kappa shape index (κ1) is 12.6. The molecule has 1 heterocycles. The maximum absolute atomic E-state index is 8.76. The molecular formula is C14H20N2S. The van der Waals surface area contributed by atoms with Crippen LogP contribution in [0.25, 0.3) is 0 Å². The summed E-state index contributed by atoms with van der Waals surface area (Å²) in [6.45, 7) is 4.41. The van der Waals surface area contributed by atoms with Crippen LogP contribution in [-0.2, 0) is 6.54 Å². The van der Waals surface area contributed by atoms with Crippen LogP contribution in [0.1, 0.15) is 49.5 Å². The van der Waals surface area contributed by atoms with E-state index >= 15 is 0 Å². The van der Waals surface area contributed by atoms with Gasteiger partial charge in [-0.05, 0) is 24.3 Å². The van der Waals surface area contributed by atoms with Crippen molar-refractivity contribution >= 4 is 11.3 Å². The summed E-state index contributed by atoms with van der Waals surface area (Å²) in [5, 5.41) is 14.2. The Morgan fingerprint density at radius 3 is 2.82 bits per heavy atom. The molecule has 0 amide bonds. The fourth-order valence-corrected chi connectivity index (χ4v) is 3.38. The summed E-state index contributed by atoms with van der Waals surface area (Å²) in [6.07, 6.45) is 6.89. The van der Waals surface area contributed by atoms with E-state index in [9.17, 15) is 0 Å². The van der Waals surface area contributed by atoms with Crippen LogP contribution in [-0.4, -0.2) is 6.54 Å². The van der Waals surface area contributed by atoms with Crippen molar-refractivity contribution in [2.24, 2.45) is 5.41 Å². The van der Waals surface area contributed by atoms with Crippen LogP contribution in [0.3, 0.4) is 0 Å². The number of hydrogen-bond acceptors (Lipinski definition) is 3. The quantitative estimate of drug-likeness (QED) is 0.882. The Labute approximate surface area is 108 Å². The first-order chi connectivity index (χ1) is 8.22. The third-order valence-corrected chi connectivity index (χ3v) is 4.63. The topological polar surface area (TPSA) is 35.8 Å². The average Bonchev–Trinajstić information content (AvgIpc) is 2.78. The zero-order valence-corrected chi connectivity index (χ0v) is 11.3. The second-order valence-corrected chi connectivity index (χ2v) is 6.38. The molecule has 0 aliphatic heterocycles. The van der Waals surface area contributed by atoms with Crippen molar-refractivity contribution in [2.45, 2.75) is 45.6 Å². The first-order valence-corrected chi connectivity index (χ1v) is 7.28. The van der Waals surface area contributed by atoms with Crippen LogP contribution < -0.4 is 5.32 Å². The highest BCUT2D eigenvalue weighted by atomic mass is 32.1. The third-order valence-electron chi connectivity index (χ3n) is 3.69. The molecule has 3 heteroatoms. The number of hydrogen-bond donors (Lipinski definition) is 1. The van der Waals surface area contributed by atoms with E-state index in [-0.39, 0.29) is 0 Å². The summed E-state index contributed by atoms with van der Waals surface area (Å²) in [6, 6.07) is 4.16. The maximum Gasteiger partial charge on any atom is 0.100 e. The minimum absolute atomic E-state index is 0.494. The highest BCUT2D eigenvalue weighted by Gasteiger charge is 2.25. The van der Waals surface area contributed by atoms with Gasteiger partial charge in [0.2, 0.25) is 0 Å². The molecule has 0 aromatic carbocycles. The maximum atomic E-state index is 8.76. The van der Waals surface area contributed by atoms with Crippen LogP contribution in [0.4, 0.5) is 0 Å². The van der Waals surface area contributed by atoms with E-state index in [1.165, 1.54) is 37.0 Å². The van der Waals surface area contributed by atoms with Crippen molar-refractivity contribution in [3.05, 3.63) is 21.9 Å². The number of thiophene rings is 1. The number of rotatable bonds is 4. The third kappa shape index (κ3) is 3.55. The molecule has 1 aromatic rings. The van der Waals surface area contributed by atoms with Crippen molar-refractivity contribution in [2.75, 3.05) is 6.54 Å². The molecule has 0 unspecified atom stereocenters. The lowest BCUT2D eigenvalue weighted by Crippen LogP contribution is -2.33. The molecule has 0 radical (unpaired) electrons. The van der Waals surface area contributed by atoms with Crippen molar-refractivity contribution in [1.29, 1.82) is 5.26 Å². The van der Waals surface area contributed by atoms with Gasteiger partial charge in [-0.25, -0.2) is 0 Å². The lowest BCUT2D eigenvalue weighted by molar-refractivity contribution is 0.208. The van der Waals surface area contributed by atoms with E-state index in [1.807, 2.05) is 11.4 Å². The van der Waals surface area contributed by atoms with E-state index in [4.69, 9.17) is 5.26 Å². The summed E-state index contributed by atoms with van der Waals surface area (Å²) >= 11 is 1.67. The van der Waals surface area contributed by atoms with Gasteiger partial charge in [-0.15, -0.1) is 11.3 Å². The number of nitrogens with zero attached hydrogens (tertiary/aromatic N) is 1. The fraction of sp³-hybridized carbons (Fsp3) is 0.643. The average molecular weight is 248 g/mol. The van der Waals surface area contributed by atoms with Crippen LogP contribution in [0.2, 0.25) is 0 Å². The molecule has 1 fully saturated rings. The highest BCUT2D eigenvalue weighted by molar-refractivity contribution is 7.10. The fourth-order valence-electron chi connectivity index (χ4n) is 2.60. The molecule has 2 rings (SSSR count). The Balaban J connectivity index is 1.77. The summed E-state index contributed by atoms with van der Waals surface area (Å²) in [4.78, 5) is 1.26. The molecule has 1 N–H and O–H groups in total. The monoisotopic (exact) mass is 248 g/mol. The van der Waals surface area contributed by atoms with Gasteiger partial charge in [0.25, 0.3) is 0 Å². The van der Waals surface area contributed by atoms with Crippen molar-refractivity contribution in [1.82, 2.24) is 5.32 Å². The Bertz CT molecular complexity index is 397. The zero-order valence-electron chi connectivity index (χ0n) is 10.5. The summed E-state index contributed by atoms with van der Waals surface area (Å²) in [5.41, 5.74) is 1.28. The SMILES string of the molecule is CC1(CNCc2cc(C#N)cs2)CCCCC1. The number of nitriles is 1. The normalized spacial score (nSPS) is 18.8.